The van der Waals surface area contributed by atoms with Crippen molar-refractivity contribution in [1.29, 1.82) is 0 Å². The molecule has 3 nitrogen and oxygen atoms in total. The smallest absolute Gasteiger partial charge is 0.193 e. The van der Waals surface area contributed by atoms with Crippen LogP contribution in [0.4, 0.5) is 0 Å². The summed E-state index contributed by atoms with van der Waals surface area (Å²) in [6.07, 6.45) is 6.22. The van der Waals surface area contributed by atoms with E-state index in [2.05, 4.69) is 51.4 Å². The van der Waals surface area contributed by atoms with Gasteiger partial charge in [-0.25, -0.2) is 4.98 Å². The van der Waals surface area contributed by atoms with Crippen molar-refractivity contribution in [3.63, 3.8) is 0 Å². The monoisotopic (exact) mass is 269 g/mol. The normalized spacial score (nSPS) is 21.9. The average Bonchev–Trinajstić information content (AvgIpc) is 3.05. The molecule has 2 heterocycles. The minimum atomic E-state index is 0.149. The first-order valence-corrected chi connectivity index (χ1v) is 7.44. The maximum Gasteiger partial charge on any atom is 0.193 e. The number of hydrogen-bond acceptors (Lipinski definition) is 3. The molecule has 96 valence electrons. The quantitative estimate of drug-likeness (QED) is 0.777. The molecule has 2 atom stereocenters. The lowest BCUT2D eigenvalue weighted by Crippen LogP contribution is -2.19. The van der Waals surface area contributed by atoms with Crippen LogP contribution in [-0.4, -0.2) is 9.38 Å². The molecule has 1 aliphatic carbocycles. The van der Waals surface area contributed by atoms with Crippen molar-refractivity contribution in [1.82, 2.24) is 9.38 Å². The van der Waals surface area contributed by atoms with Crippen LogP contribution in [0.3, 0.4) is 0 Å². The molecule has 3 aromatic rings. The van der Waals surface area contributed by atoms with E-state index < -0.39 is 0 Å². The molecule has 19 heavy (non-hydrogen) atoms. The van der Waals surface area contributed by atoms with E-state index >= 15 is 0 Å². The van der Waals surface area contributed by atoms with E-state index in [4.69, 9.17) is 5.73 Å². The van der Waals surface area contributed by atoms with Crippen LogP contribution in [0.5, 0.6) is 0 Å². The predicted octanol–water partition coefficient (Wildman–Crippen LogP) is 2.81. The Bertz CT molecular complexity index is 699. The molecule has 0 spiro atoms. The number of imidazole rings is 1. The van der Waals surface area contributed by atoms with Crippen molar-refractivity contribution < 1.29 is 0 Å². The standard InChI is InChI=1S/C15H15N3S/c16-14-11(7-10-3-1-2-4-13(10)14)8-12-9-18-5-6-19-15(18)17-12/h1-6,9,11,14H,7-8,16H2. The first-order chi connectivity index (χ1) is 9.31. The highest BCUT2D eigenvalue weighted by Crippen LogP contribution is 2.36. The van der Waals surface area contributed by atoms with Crippen molar-refractivity contribution in [3.05, 3.63) is 58.9 Å². The second-order valence-corrected chi connectivity index (χ2v) is 6.09. The Morgan fingerprint density at radius 1 is 1.37 bits per heavy atom. The van der Waals surface area contributed by atoms with Gasteiger partial charge in [-0.15, -0.1) is 11.3 Å². The SMILES string of the molecule is NC1c2ccccc2CC1Cc1cn2ccsc2n1. The van der Waals surface area contributed by atoms with Crippen molar-refractivity contribution in [2.45, 2.75) is 18.9 Å². The number of benzene rings is 1. The molecule has 0 radical (unpaired) electrons. The maximum atomic E-state index is 6.38. The Morgan fingerprint density at radius 3 is 3.11 bits per heavy atom. The van der Waals surface area contributed by atoms with E-state index in [0.717, 1.165) is 23.5 Å². The third kappa shape index (κ3) is 1.79. The topological polar surface area (TPSA) is 43.3 Å². The van der Waals surface area contributed by atoms with E-state index in [0.29, 0.717) is 5.92 Å². The van der Waals surface area contributed by atoms with E-state index in [9.17, 15) is 0 Å². The third-order valence-corrected chi connectivity index (χ3v) is 4.79. The molecule has 0 aliphatic heterocycles. The number of hydrogen-bond donors (Lipinski definition) is 1. The zero-order valence-electron chi connectivity index (χ0n) is 10.5. The molecule has 0 saturated heterocycles. The van der Waals surface area contributed by atoms with Crippen LogP contribution in [0.25, 0.3) is 4.96 Å². The van der Waals surface area contributed by atoms with Crippen LogP contribution >= 0.6 is 11.3 Å². The molecule has 0 amide bonds. The average molecular weight is 269 g/mol. The van der Waals surface area contributed by atoms with Crippen LogP contribution in [-0.2, 0) is 12.8 Å². The Labute approximate surface area is 115 Å². The van der Waals surface area contributed by atoms with Crippen LogP contribution in [0, 0.1) is 5.92 Å². The molecule has 0 bridgehead atoms. The summed E-state index contributed by atoms with van der Waals surface area (Å²) in [4.78, 5) is 5.73. The third-order valence-electron chi connectivity index (χ3n) is 4.02. The van der Waals surface area contributed by atoms with Crippen LogP contribution in [0.2, 0.25) is 0 Å². The van der Waals surface area contributed by atoms with Gasteiger partial charge in [0, 0.05) is 23.8 Å². The summed E-state index contributed by atoms with van der Waals surface area (Å²) in [5.74, 6) is 0.474. The highest BCUT2D eigenvalue weighted by Gasteiger charge is 2.29. The van der Waals surface area contributed by atoms with Crippen LogP contribution < -0.4 is 5.73 Å². The highest BCUT2D eigenvalue weighted by atomic mass is 32.1. The predicted molar refractivity (Wildman–Crippen MR) is 77.3 cm³/mol. The lowest BCUT2D eigenvalue weighted by atomic mass is 9.96. The fourth-order valence-electron chi connectivity index (χ4n) is 3.05. The number of nitrogens with zero attached hydrogens (tertiary/aromatic N) is 2. The van der Waals surface area contributed by atoms with Gasteiger partial charge in [0.25, 0.3) is 0 Å². The number of thiazole rings is 1. The van der Waals surface area contributed by atoms with E-state index in [-0.39, 0.29) is 6.04 Å². The van der Waals surface area contributed by atoms with Gasteiger partial charge in [0.2, 0.25) is 0 Å². The first kappa shape index (κ1) is 11.2. The number of aromatic nitrogens is 2. The molecule has 2 aromatic heterocycles. The fraction of sp³-hybridized carbons (Fsp3) is 0.267. The second kappa shape index (κ2) is 4.18. The molecule has 0 saturated carbocycles. The molecule has 1 aromatic carbocycles. The summed E-state index contributed by atoms with van der Waals surface area (Å²) >= 11 is 1.67. The molecule has 4 heteroatoms. The Balaban J connectivity index is 1.60. The Morgan fingerprint density at radius 2 is 2.26 bits per heavy atom. The number of fused-ring (bicyclic) bond motifs is 2. The summed E-state index contributed by atoms with van der Waals surface area (Å²) in [5.41, 5.74) is 10.2. The molecular weight excluding hydrogens is 254 g/mol. The fourth-order valence-corrected chi connectivity index (χ4v) is 3.77. The minimum Gasteiger partial charge on any atom is -0.324 e. The number of rotatable bonds is 2. The van der Waals surface area contributed by atoms with Gasteiger partial charge in [-0.3, -0.25) is 4.40 Å². The van der Waals surface area contributed by atoms with Crippen LogP contribution in [0.1, 0.15) is 22.9 Å². The van der Waals surface area contributed by atoms with Crippen LogP contribution in [0.15, 0.2) is 42.0 Å². The van der Waals surface area contributed by atoms with Gasteiger partial charge < -0.3 is 5.73 Å². The van der Waals surface area contributed by atoms with Gasteiger partial charge in [0.05, 0.1) is 5.69 Å². The maximum absolute atomic E-state index is 6.38. The Kier molecular flexibility index (Phi) is 2.47. The van der Waals surface area contributed by atoms with Gasteiger partial charge in [-0.2, -0.15) is 0 Å². The van der Waals surface area contributed by atoms with Crippen molar-refractivity contribution in [3.8, 4) is 0 Å². The van der Waals surface area contributed by atoms with Crippen molar-refractivity contribution >= 4 is 16.3 Å². The zero-order valence-corrected chi connectivity index (χ0v) is 11.3. The summed E-state index contributed by atoms with van der Waals surface area (Å²) in [6.45, 7) is 0. The summed E-state index contributed by atoms with van der Waals surface area (Å²) < 4.78 is 2.09. The lowest BCUT2D eigenvalue weighted by molar-refractivity contribution is 0.461. The Hall–Kier alpha value is -1.65. The molecular formula is C15H15N3S. The van der Waals surface area contributed by atoms with E-state index in [1.54, 1.807) is 11.3 Å². The van der Waals surface area contributed by atoms with E-state index in [1.807, 2.05) is 0 Å². The second-order valence-electron chi connectivity index (χ2n) is 5.22. The summed E-state index contributed by atoms with van der Waals surface area (Å²) in [5, 5.41) is 2.06. The van der Waals surface area contributed by atoms with Crippen molar-refractivity contribution in [2.75, 3.05) is 0 Å². The summed E-state index contributed by atoms with van der Waals surface area (Å²) in [7, 11) is 0. The molecule has 1 aliphatic rings. The highest BCUT2D eigenvalue weighted by molar-refractivity contribution is 7.15. The largest absolute Gasteiger partial charge is 0.324 e. The number of nitrogens with two attached hydrogens (primary N) is 1. The molecule has 4 rings (SSSR count). The molecule has 2 unspecified atom stereocenters. The van der Waals surface area contributed by atoms with E-state index in [1.165, 1.54) is 11.1 Å². The summed E-state index contributed by atoms with van der Waals surface area (Å²) in [6, 6.07) is 8.68. The molecule has 0 fully saturated rings. The first-order valence-electron chi connectivity index (χ1n) is 6.56. The molecule has 2 N–H and O–H groups in total. The lowest BCUT2D eigenvalue weighted by Gasteiger charge is -2.14. The zero-order chi connectivity index (χ0) is 12.8. The van der Waals surface area contributed by atoms with Gasteiger partial charge in [0.15, 0.2) is 4.96 Å². The van der Waals surface area contributed by atoms with Gasteiger partial charge in [-0.05, 0) is 29.9 Å². The van der Waals surface area contributed by atoms with Gasteiger partial charge in [0.1, 0.15) is 0 Å². The van der Waals surface area contributed by atoms with Gasteiger partial charge in [-0.1, -0.05) is 24.3 Å². The van der Waals surface area contributed by atoms with Crippen molar-refractivity contribution in [2.24, 2.45) is 11.7 Å². The minimum absolute atomic E-state index is 0.149. The van der Waals surface area contributed by atoms with Gasteiger partial charge >= 0.3 is 0 Å².